The molecule has 3 aliphatic heterocycles. The van der Waals surface area contributed by atoms with E-state index < -0.39 is 85.1 Å². The Balaban J connectivity index is 1.70. The molecule has 1 amide bonds. The van der Waals surface area contributed by atoms with Crippen LogP contribution in [0.1, 0.15) is 126 Å². The SMILES string of the molecule is CO[C@H]1C[C@@H]2CC[C@@H](C)[C@@](O)(O2)C(=O)C(=O)N2CCCCC2C(=O)O[C@H]([C@H](C)C[C@@H]2CC[C@@H](OP(C)(C)=O)[C@H](OC)C2)CC(=O)[C@H](C)/C=C(\C)[C@@H](O)[C@@H](OC)C(=O)[C@H](C)C[C@H](C)/C=C/C=C/C=C/1C. The van der Waals surface area contributed by atoms with E-state index in [0.717, 1.165) is 12.0 Å². The van der Waals surface area contributed by atoms with Gasteiger partial charge in [0, 0.05) is 71.8 Å². The van der Waals surface area contributed by atoms with Crippen LogP contribution in [0.25, 0.3) is 0 Å². The monoisotopic (exact) mass is 990 g/mol. The van der Waals surface area contributed by atoms with Gasteiger partial charge in [0.15, 0.2) is 13.2 Å². The predicted octanol–water partition coefficient (Wildman–Crippen LogP) is 7.74. The number of carbonyl (C=O) groups is 5. The molecule has 0 aromatic heterocycles. The fourth-order valence-corrected chi connectivity index (χ4v) is 11.4. The lowest BCUT2D eigenvalue weighted by molar-refractivity contribution is -0.265. The number of aliphatic hydroxyl groups excluding tert-OH is 1. The maximum atomic E-state index is 14.5. The first kappa shape index (κ1) is 58.4. The van der Waals surface area contributed by atoms with E-state index >= 15 is 0 Å². The average Bonchev–Trinajstić information content (AvgIpc) is 3.30. The molecule has 2 saturated heterocycles. The number of hydrogen-bond acceptors (Lipinski definition) is 14. The van der Waals surface area contributed by atoms with Crippen molar-refractivity contribution >= 4 is 36.6 Å². The third kappa shape index (κ3) is 16.2. The number of carbonyl (C=O) groups excluding carboxylic acids is 5. The lowest BCUT2D eigenvalue weighted by atomic mass is 9.78. The second-order valence-electron chi connectivity index (χ2n) is 20.9. The van der Waals surface area contributed by atoms with Crippen LogP contribution in [0.5, 0.6) is 0 Å². The Bertz CT molecular complexity index is 1940. The van der Waals surface area contributed by atoms with Crippen LogP contribution >= 0.6 is 7.37 Å². The second-order valence-corrected chi connectivity index (χ2v) is 23.6. The number of rotatable bonds is 8. The van der Waals surface area contributed by atoms with Gasteiger partial charge in [0.2, 0.25) is 5.79 Å². The van der Waals surface area contributed by atoms with Crippen molar-refractivity contribution in [1.29, 1.82) is 0 Å². The Kier molecular flexibility index (Phi) is 22.5. The van der Waals surface area contributed by atoms with E-state index in [-0.39, 0.29) is 60.9 Å². The Hall–Kier alpha value is -3.14. The Morgan fingerprint density at radius 1 is 0.855 bits per heavy atom. The molecular formula is C53H84NO14P. The zero-order valence-corrected chi connectivity index (χ0v) is 44.3. The van der Waals surface area contributed by atoms with Crippen LogP contribution in [0.4, 0.5) is 0 Å². The zero-order valence-electron chi connectivity index (χ0n) is 43.4. The number of cyclic esters (lactones) is 1. The van der Waals surface area contributed by atoms with Crippen LogP contribution in [-0.4, -0.2) is 140 Å². The molecule has 1 aliphatic carbocycles. The molecule has 0 aromatic rings. The maximum absolute atomic E-state index is 14.5. The Morgan fingerprint density at radius 3 is 2.22 bits per heavy atom. The number of allylic oxidation sites excluding steroid dienone is 6. The molecule has 1 saturated carbocycles. The minimum atomic E-state index is -2.79. The van der Waals surface area contributed by atoms with Crippen molar-refractivity contribution < 1.29 is 67.0 Å². The van der Waals surface area contributed by atoms with E-state index in [9.17, 15) is 38.8 Å². The molecular weight excluding hydrogens is 906 g/mol. The number of Topliss-reactive ketones (excluding diaryl/α,β-unsaturated/α-hetero) is 3. The molecule has 2 bridgehead atoms. The molecule has 15 atom stereocenters. The zero-order chi connectivity index (χ0) is 51.4. The predicted molar refractivity (Wildman–Crippen MR) is 263 cm³/mol. The van der Waals surface area contributed by atoms with Gasteiger partial charge in [-0.25, -0.2) is 4.79 Å². The molecule has 69 heavy (non-hydrogen) atoms. The standard InChI is InChI=1S/C53H84NO14P/c1-32-18-14-13-15-19-33(2)44(63-8)30-40-23-21-38(7)53(61,67-40)50(58)51(59)54-25-17-16-20-41(54)52(60)66-45(35(4)28-39-22-24-43(46(29-39)64-9)68-69(11,12)62)31-42(55)34(3)27-37(6)48(57)49(65-10)47(56)36(5)26-32/h13-15,18-19,27,32,34-36,38-41,43-46,48-49,57,61H,16-17,20-26,28-31H2,1-12H3/b15-13+,18-14+,33-19+,37-27+/t32-,34-,35-,36-,38-,39+,40+,41?,43-,44+,45+,46-,48-,49+,53-/m1/s1. The van der Waals surface area contributed by atoms with Crippen molar-refractivity contribution in [3.63, 3.8) is 0 Å². The normalized spacial score (nSPS) is 39.0. The van der Waals surface area contributed by atoms with Gasteiger partial charge in [0.1, 0.15) is 30.1 Å². The summed E-state index contributed by atoms with van der Waals surface area (Å²) in [6.45, 7) is 15.9. The minimum Gasteiger partial charge on any atom is -0.460 e. The highest BCUT2D eigenvalue weighted by atomic mass is 31.2. The molecule has 16 heteroatoms. The lowest BCUT2D eigenvalue weighted by Gasteiger charge is -2.42. The first-order valence-corrected chi connectivity index (χ1v) is 27.7. The number of ether oxygens (including phenoxy) is 5. The fourth-order valence-electron chi connectivity index (χ4n) is 10.5. The van der Waals surface area contributed by atoms with Crippen molar-refractivity contribution in [2.75, 3.05) is 41.2 Å². The first-order chi connectivity index (χ1) is 32.4. The maximum Gasteiger partial charge on any atom is 0.329 e. The van der Waals surface area contributed by atoms with Crippen molar-refractivity contribution in [3.8, 4) is 0 Å². The number of fused-ring (bicyclic) bond motifs is 3. The summed E-state index contributed by atoms with van der Waals surface area (Å²) in [6.07, 6.45) is 11.4. The summed E-state index contributed by atoms with van der Waals surface area (Å²) in [5.41, 5.74) is 1.25. The molecule has 1 unspecified atom stereocenters. The summed E-state index contributed by atoms with van der Waals surface area (Å²) in [7, 11) is 1.76. The number of hydrogen-bond donors (Lipinski definition) is 2. The number of aliphatic hydroxyl groups is 2. The van der Waals surface area contributed by atoms with Crippen LogP contribution in [0.3, 0.4) is 0 Å². The average molecular weight is 990 g/mol. The van der Waals surface area contributed by atoms with E-state index in [1.807, 2.05) is 58.1 Å². The number of nitrogens with zero attached hydrogens (tertiary/aromatic N) is 1. The smallest absolute Gasteiger partial charge is 0.329 e. The van der Waals surface area contributed by atoms with Gasteiger partial charge >= 0.3 is 5.97 Å². The Morgan fingerprint density at radius 2 is 1.57 bits per heavy atom. The second kappa shape index (κ2) is 26.5. The summed E-state index contributed by atoms with van der Waals surface area (Å²) in [5.74, 6) is -8.11. The van der Waals surface area contributed by atoms with Gasteiger partial charge in [0.25, 0.3) is 11.7 Å². The molecule has 15 nitrogen and oxygen atoms in total. The van der Waals surface area contributed by atoms with E-state index in [2.05, 4.69) is 0 Å². The quantitative estimate of drug-likeness (QED) is 0.104. The highest BCUT2D eigenvalue weighted by Gasteiger charge is 2.53. The van der Waals surface area contributed by atoms with Crippen molar-refractivity contribution in [1.82, 2.24) is 4.90 Å². The van der Waals surface area contributed by atoms with Crippen LogP contribution in [-0.2, 0) is 56.7 Å². The molecule has 0 spiro atoms. The van der Waals surface area contributed by atoms with Crippen molar-refractivity contribution in [2.24, 2.45) is 35.5 Å². The molecule has 3 heterocycles. The van der Waals surface area contributed by atoms with Crippen LogP contribution < -0.4 is 0 Å². The van der Waals surface area contributed by atoms with Gasteiger partial charge < -0.3 is 43.3 Å². The summed E-state index contributed by atoms with van der Waals surface area (Å²) in [4.78, 5) is 72.2. The summed E-state index contributed by atoms with van der Waals surface area (Å²) in [5, 5.41) is 23.5. The molecule has 4 aliphatic rings. The number of piperidine rings is 1. The van der Waals surface area contributed by atoms with Crippen LogP contribution in [0.2, 0.25) is 0 Å². The van der Waals surface area contributed by atoms with E-state index in [1.165, 1.54) is 12.0 Å². The molecule has 3 fully saturated rings. The molecule has 390 valence electrons. The number of esters is 1. The highest BCUT2D eigenvalue weighted by Crippen LogP contribution is 2.45. The summed E-state index contributed by atoms with van der Waals surface area (Å²) < 4.78 is 48.2. The lowest BCUT2D eigenvalue weighted by Crippen LogP contribution is -2.61. The van der Waals surface area contributed by atoms with Gasteiger partial charge in [0.05, 0.1) is 24.4 Å². The van der Waals surface area contributed by atoms with Gasteiger partial charge in [-0.3, -0.25) is 23.7 Å². The van der Waals surface area contributed by atoms with Crippen molar-refractivity contribution in [3.05, 3.63) is 47.6 Å². The molecule has 0 aromatic carbocycles. The largest absolute Gasteiger partial charge is 0.460 e. The van der Waals surface area contributed by atoms with E-state index in [4.69, 9.17) is 28.2 Å². The summed E-state index contributed by atoms with van der Waals surface area (Å²) >= 11 is 0. The van der Waals surface area contributed by atoms with Crippen LogP contribution in [0.15, 0.2) is 47.6 Å². The fraction of sp³-hybridized carbons (Fsp3) is 0.755. The third-order valence-corrected chi connectivity index (χ3v) is 15.6. The molecule has 0 radical (unpaired) electrons. The van der Waals surface area contributed by atoms with Gasteiger partial charge in [-0.05, 0) is 107 Å². The highest BCUT2D eigenvalue weighted by molar-refractivity contribution is 7.57. The molecule has 4 rings (SSSR count). The number of amides is 1. The van der Waals surface area contributed by atoms with E-state index in [0.29, 0.717) is 63.4 Å². The summed E-state index contributed by atoms with van der Waals surface area (Å²) in [6, 6.07) is -1.16. The van der Waals surface area contributed by atoms with Gasteiger partial charge in [-0.1, -0.05) is 71.1 Å². The van der Waals surface area contributed by atoms with Crippen molar-refractivity contribution in [2.45, 2.75) is 180 Å². The topological polar surface area (TPSA) is 201 Å². The first-order valence-electron chi connectivity index (χ1n) is 25.2. The number of ketones is 3. The van der Waals surface area contributed by atoms with Gasteiger partial charge in [-0.2, -0.15) is 0 Å². The van der Waals surface area contributed by atoms with E-state index in [1.54, 1.807) is 54.4 Å². The Labute approximate surface area is 411 Å². The third-order valence-electron chi connectivity index (χ3n) is 14.8. The molecule has 2 N–H and O–H groups in total. The van der Waals surface area contributed by atoms with Crippen LogP contribution in [0, 0.1) is 35.5 Å². The minimum absolute atomic E-state index is 0.0117. The van der Waals surface area contributed by atoms with Gasteiger partial charge in [-0.15, -0.1) is 0 Å². The number of methoxy groups -OCH3 is 3.